The van der Waals surface area contributed by atoms with Crippen LogP contribution in [0.3, 0.4) is 0 Å². The molecule has 0 unspecified atom stereocenters. The van der Waals surface area contributed by atoms with E-state index in [2.05, 4.69) is 15.8 Å². The largest absolute Gasteiger partial charge is 0.497 e. The molecule has 0 aliphatic carbocycles. The number of hydrogen-bond acceptors (Lipinski definition) is 5. The van der Waals surface area contributed by atoms with Crippen LogP contribution in [-0.4, -0.2) is 24.7 Å². The Morgan fingerprint density at radius 1 is 1.16 bits per heavy atom. The first kappa shape index (κ1) is 17.0. The summed E-state index contributed by atoms with van der Waals surface area (Å²) < 4.78 is 15.8. The molecule has 25 heavy (non-hydrogen) atoms. The van der Waals surface area contributed by atoms with Crippen LogP contribution in [0.5, 0.6) is 17.2 Å². The minimum absolute atomic E-state index is 0.257. The van der Waals surface area contributed by atoms with Crippen LogP contribution in [0.15, 0.2) is 47.6 Å². The molecular formula is C18H19N3O3S. The summed E-state index contributed by atoms with van der Waals surface area (Å²) in [6.07, 6.45) is 0. The van der Waals surface area contributed by atoms with Crippen molar-refractivity contribution in [2.24, 2.45) is 5.10 Å². The summed E-state index contributed by atoms with van der Waals surface area (Å²) in [4.78, 5) is 0. The fourth-order valence-electron chi connectivity index (χ4n) is 2.29. The topological polar surface area (TPSA) is 64.1 Å². The van der Waals surface area contributed by atoms with Gasteiger partial charge in [-0.05, 0) is 55.0 Å². The van der Waals surface area contributed by atoms with Crippen LogP contribution in [0, 0.1) is 0 Å². The molecule has 0 bridgehead atoms. The highest BCUT2D eigenvalue weighted by atomic mass is 32.1. The molecule has 1 aliphatic heterocycles. The molecule has 1 aliphatic rings. The normalized spacial score (nSPS) is 12.6. The molecule has 0 saturated carbocycles. The fraction of sp³-hybridized carbons (Fsp3) is 0.222. The molecule has 0 amide bonds. The molecule has 0 radical (unpaired) electrons. The van der Waals surface area contributed by atoms with Gasteiger partial charge in [0.1, 0.15) is 5.75 Å². The quantitative estimate of drug-likeness (QED) is 0.487. The van der Waals surface area contributed by atoms with E-state index in [1.807, 2.05) is 49.4 Å². The van der Waals surface area contributed by atoms with Gasteiger partial charge in [0.2, 0.25) is 6.79 Å². The first-order valence-electron chi connectivity index (χ1n) is 7.77. The number of rotatable bonds is 5. The third kappa shape index (κ3) is 4.39. The maximum Gasteiger partial charge on any atom is 0.231 e. The number of hydrogen-bond donors (Lipinski definition) is 2. The number of fused-ring (bicyclic) bond motifs is 1. The van der Waals surface area contributed by atoms with Crippen molar-refractivity contribution in [1.29, 1.82) is 0 Å². The molecule has 1 heterocycles. The van der Waals surface area contributed by atoms with Crippen molar-refractivity contribution in [2.45, 2.75) is 13.5 Å². The van der Waals surface area contributed by atoms with Crippen LogP contribution in [0.25, 0.3) is 0 Å². The average Bonchev–Trinajstić information content (AvgIpc) is 3.12. The number of benzene rings is 2. The second-order valence-corrected chi connectivity index (χ2v) is 5.82. The van der Waals surface area contributed by atoms with Gasteiger partial charge in [0.25, 0.3) is 0 Å². The van der Waals surface area contributed by atoms with Gasteiger partial charge >= 0.3 is 0 Å². The van der Waals surface area contributed by atoms with Crippen molar-refractivity contribution < 1.29 is 14.2 Å². The second kappa shape index (κ2) is 7.85. The Labute approximate surface area is 151 Å². The zero-order valence-corrected chi connectivity index (χ0v) is 14.9. The molecule has 2 aromatic carbocycles. The Bertz CT molecular complexity index is 791. The SMILES string of the molecule is COc1ccc(CNC(=S)N/N=C(/C)c2ccc3c(c2)OCO3)cc1. The van der Waals surface area contributed by atoms with E-state index in [9.17, 15) is 0 Å². The highest BCUT2D eigenvalue weighted by molar-refractivity contribution is 7.80. The monoisotopic (exact) mass is 357 g/mol. The predicted molar refractivity (Wildman–Crippen MR) is 100 cm³/mol. The van der Waals surface area contributed by atoms with Gasteiger partial charge in [0, 0.05) is 12.1 Å². The molecule has 7 heteroatoms. The van der Waals surface area contributed by atoms with Gasteiger partial charge in [-0.3, -0.25) is 5.43 Å². The molecule has 0 fully saturated rings. The predicted octanol–water partition coefficient (Wildman–Crippen LogP) is 2.81. The second-order valence-electron chi connectivity index (χ2n) is 5.41. The Kier molecular flexibility index (Phi) is 5.35. The summed E-state index contributed by atoms with van der Waals surface area (Å²) in [5.41, 5.74) is 5.69. The highest BCUT2D eigenvalue weighted by Crippen LogP contribution is 2.32. The van der Waals surface area contributed by atoms with Gasteiger partial charge < -0.3 is 19.5 Å². The van der Waals surface area contributed by atoms with Crippen LogP contribution >= 0.6 is 12.2 Å². The van der Waals surface area contributed by atoms with Crippen molar-refractivity contribution >= 4 is 23.0 Å². The maximum absolute atomic E-state index is 5.37. The zero-order chi connectivity index (χ0) is 17.6. The molecule has 6 nitrogen and oxygen atoms in total. The molecule has 3 rings (SSSR count). The van der Waals surface area contributed by atoms with E-state index in [0.29, 0.717) is 11.7 Å². The van der Waals surface area contributed by atoms with E-state index in [4.69, 9.17) is 26.4 Å². The van der Waals surface area contributed by atoms with Crippen LogP contribution in [0.1, 0.15) is 18.1 Å². The van der Waals surface area contributed by atoms with Gasteiger partial charge in [0.05, 0.1) is 12.8 Å². The Balaban J connectivity index is 1.52. The van der Waals surface area contributed by atoms with Crippen LogP contribution < -0.4 is 25.0 Å². The summed E-state index contributed by atoms with van der Waals surface area (Å²) in [7, 11) is 1.65. The van der Waals surface area contributed by atoms with E-state index < -0.39 is 0 Å². The van der Waals surface area contributed by atoms with Crippen molar-refractivity contribution in [1.82, 2.24) is 10.7 Å². The number of hydrazone groups is 1. The highest BCUT2D eigenvalue weighted by Gasteiger charge is 2.14. The minimum atomic E-state index is 0.257. The van der Waals surface area contributed by atoms with Crippen molar-refractivity contribution in [3.05, 3.63) is 53.6 Å². The standard InChI is InChI=1S/C18H19N3O3S/c1-12(14-5-8-16-17(9-14)24-11-23-16)20-21-18(25)19-10-13-3-6-15(22-2)7-4-13/h3-9H,10-11H2,1-2H3,(H2,19,21,25)/b20-12-. The summed E-state index contributed by atoms with van der Waals surface area (Å²) >= 11 is 5.25. The number of nitrogens with one attached hydrogen (secondary N) is 2. The summed E-state index contributed by atoms with van der Waals surface area (Å²) in [5, 5.41) is 7.87. The van der Waals surface area contributed by atoms with Crippen molar-refractivity contribution in [2.75, 3.05) is 13.9 Å². The van der Waals surface area contributed by atoms with Crippen molar-refractivity contribution in [3.8, 4) is 17.2 Å². The minimum Gasteiger partial charge on any atom is -0.497 e. The van der Waals surface area contributed by atoms with Crippen LogP contribution in [0.4, 0.5) is 0 Å². The number of ether oxygens (including phenoxy) is 3. The van der Waals surface area contributed by atoms with Crippen LogP contribution in [-0.2, 0) is 6.54 Å². The van der Waals surface area contributed by atoms with E-state index >= 15 is 0 Å². The lowest BCUT2D eigenvalue weighted by Gasteiger charge is -2.09. The molecule has 2 aromatic rings. The summed E-state index contributed by atoms with van der Waals surface area (Å²) in [6, 6.07) is 13.5. The Morgan fingerprint density at radius 2 is 1.92 bits per heavy atom. The van der Waals surface area contributed by atoms with E-state index in [1.54, 1.807) is 7.11 Å². The zero-order valence-electron chi connectivity index (χ0n) is 14.0. The van der Waals surface area contributed by atoms with Gasteiger partial charge in [-0.2, -0.15) is 5.10 Å². The van der Waals surface area contributed by atoms with Gasteiger partial charge in [-0.15, -0.1) is 0 Å². The lowest BCUT2D eigenvalue weighted by Crippen LogP contribution is -2.32. The van der Waals surface area contributed by atoms with E-state index in [-0.39, 0.29) is 6.79 Å². The molecule has 130 valence electrons. The molecular weight excluding hydrogens is 338 g/mol. The molecule has 0 aromatic heterocycles. The fourth-order valence-corrected chi connectivity index (χ4v) is 2.40. The molecule has 0 spiro atoms. The lowest BCUT2D eigenvalue weighted by molar-refractivity contribution is 0.174. The number of nitrogens with zero attached hydrogens (tertiary/aromatic N) is 1. The van der Waals surface area contributed by atoms with Crippen LogP contribution in [0.2, 0.25) is 0 Å². The summed E-state index contributed by atoms with van der Waals surface area (Å²) in [6.45, 7) is 2.76. The average molecular weight is 357 g/mol. The lowest BCUT2D eigenvalue weighted by atomic mass is 10.1. The number of methoxy groups -OCH3 is 1. The molecule has 0 atom stereocenters. The molecule has 0 saturated heterocycles. The Morgan fingerprint density at radius 3 is 2.68 bits per heavy atom. The third-order valence-electron chi connectivity index (χ3n) is 3.73. The van der Waals surface area contributed by atoms with Gasteiger partial charge in [-0.1, -0.05) is 12.1 Å². The van der Waals surface area contributed by atoms with E-state index in [0.717, 1.165) is 34.1 Å². The van der Waals surface area contributed by atoms with E-state index in [1.165, 1.54) is 0 Å². The van der Waals surface area contributed by atoms with Gasteiger partial charge in [-0.25, -0.2) is 0 Å². The smallest absolute Gasteiger partial charge is 0.231 e. The number of thiocarbonyl (C=S) groups is 1. The third-order valence-corrected chi connectivity index (χ3v) is 3.96. The first-order valence-corrected chi connectivity index (χ1v) is 8.17. The summed E-state index contributed by atoms with van der Waals surface area (Å²) in [5.74, 6) is 2.31. The van der Waals surface area contributed by atoms with Gasteiger partial charge in [0.15, 0.2) is 16.6 Å². The first-order chi connectivity index (χ1) is 12.2. The molecule has 2 N–H and O–H groups in total. The Hall–Kier alpha value is -2.80. The van der Waals surface area contributed by atoms with Crippen molar-refractivity contribution in [3.63, 3.8) is 0 Å². The maximum atomic E-state index is 5.37.